The number of sulfonamides is 1. The Bertz CT molecular complexity index is 626. The lowest BCUT2D eigenvalue weighted by Gasteiger charge is -2.15. The molecule has 1 atom stereocenters. The third-order valence-corrected chi connectivity index (χ3v) is 6.61. The van der Waals surface area contributed by atoms with E-state index in [1.165, 1.54) is 22.3 Å². The van der Waals surface area contributed by atoms with E-state index in [0.29, 0.717) is 18.1 Å². The number of amides is 1. The molecule has 1 amide bonds. The smallest absolute Gasteiger partial charge is 0.244 e. The molecule has 1 aliphatic rings. The first-order valence-corrected chi connectivity index (χ1v) is 10.2. The second kappa shape index (κ2) is 8.12. The molecule has 0 spiro atoms. The Morgan fingerprint density at radius 3 is 2.65 bits per heavy atom. The molecule has 1 aromatic heterocycles. The number of thioether (sulfide) groups is 1. The van der Waals surface area contributed by atoms with Crippen LogP contribution in [-0.2, 0) is 14.8 Å². The van der Waals surface area contributed by atoms with Gasteiger partial charge in [-0.3, -0.25) is 4.79 Å². The number of pyridine rings is 1. The predicted octanol–water partition coefficient (Wildman–Crippen LogP) is 1.87. The van der Waals surface area contributed by atoms with Gasteiger partial charge in [0.1, 0.15) is 4.90 Å². The molecule has 8 heteroatoms. The monoisotopic (exact) mass is 357 g/mol. The zero-order valence-electron chi connectivity index (χ0n) is 13.5. The van der Waals surface area contributed by atoms with Crippen molar-refractivity contribution in [2.45, 2.75) is 49.1 Å². The summed E-state index contributed by atoms with van der Waals surface area (Å²) >= 11 is 1.30. The maximum absolute atomic E-state index is 12.4. The molecule has 1 N–H and O–H groups in total. The van der Waals surface area contributed by atoms with Crippen LogP contribution in [0, 0.1) is 0 Å². The molecule has 1 fully saturated rings. The molecule has 1 saturated heterocycles. The van der Waals surface area contributed by atoms with Gasteiger partial charge in [0.15, 0.2) is 0 Å². The quantitative estimate of drug-likeness (QED) is 0.754. The van der Waals surface area contributed by atoms with Crippen molar-refractivity contribution in [1.29, 1.82) is 0 Å². The van der Waals surface area contributed by atoms with E-state index in [4.69, 9.17) is 0 Å². The van der Waals surface area contributed by atoms with Crippen LogP contribution in [0.5, 0.6) is 0 Å². The molecule has 2 rings (SSSR count). The van der Waals surface area contributed by atoms with Gasteiger partial charge >= 0.3 is 0 Å². The van der Waals surface area contributed by atoms with Crippen molar-refractivity contribution in [3.63, 3.8) is 0 Å². The highest BCUT2D eigenvalue weighted by Gasteiger charge is 2.27. The van der Waals surface area contributed by atoms with Gasteiger partial charge in [-0.1, -0.05) is 18.7 Å². The van der Waals surface area contributed by atoms with Gasteiger partial charge in [-0.2, -0.15) is 4.31 Å². The van der Waals surface area contributed by atoms with Crippen molar-refractivity contribution >= 4 is 27.7 Å². The molecule has 0 unspecified atom stereocenters. The first-order valence-electron chi connectivity index (χ1n) is 7.82. The second-order valence-corrected chi connectivity index (χ2v) is 8.54. The van der Waals surface area contributed by atoms with Crippen molar-refractivity contribution in [2.75, 3.05) is 18.8 Å². The van der Waals surface area contributed by atoms with Crippen LogP contribution in [0.15, 0.2) is 28.3 Å². The fraction of sp³-hybridized carbons (Fsp3) is 0.600. The lowest BCUT2D eigenvalue weighted by atomic mass is 10.3. The normalized spacial score (nSPS) is 17.1. The van der Waals surface area contributed by atoms with E-state index in [1.54, 1.807) is 12.1 Å². The average Bonchev–Trinajstić information content (AvgIpc) is 3.08. The van der Waals surface area contributed by atoms with Crippen molar-refractivity contribution in [3.05, 3.63) is 18.3 Å². The van der Waals surface area contributed by atoms with Gasteiger partial charge in [-0.25, -0.2) is 13.4 Å². The molecule has 23 heavy (non-hydrogen) atoms. The van der Waals surface area contributed by atoms with E-state index >= 15 is 0 Å². The van der Waals surface area contributed by atoms with Gasteiger partial charge in [0.25, 0.3) is 0 Å². The average molecular weight is 358 g/mol. The Labute approximate surface area is 142 Å². The van der Waals surface area contributed by atoms with Gasteiger partial charge in [0.2, 0.25) is 15.9 Å². The molecule has 0 aliphatic carbocycles. The number of nitrogens with one attached hydrogen (secondary N) is 1. The summed E-state index contributed by atoms with van der Waals surface area (Å²) in [6, 6.07) is 3.38. The highest BCUT2D eigenvalue weighted by Crippen LogP contribution is 2.22. The molecular formula is C15H23N3O3S2. The molecule has 1 aliphatic heterocycles. The zero-order valence-corrected chi connectivity index (χ0v) is 15.1. The van der Waals surface area contributed by atoms with E-state index in [1.807, 2.05) is 13.8 Å². The summed E-state index contributed by atoms with van der Waals surface area (Å²) in [7, 11) is -3.42. The van der Waals surface area contributed by atoms with Crippen LogP contribution in [-0.4, -0.2) is 48.5 Å². The summed E-state index contributed by atoms with van der Waals surface area (Å²) in [5.74, 6) is 0.232. The number of hydrogen-bond donors (Lipinski definition) is 1. The van der Waals surface area contributed by atoms with Crippen LogP contribution in [0.25, 0.3) is 0 Å². The van der Waals surface area contributed by atoms with Gasteiger partial charge in [-0.05, 0) is 38.3 Å². The third-order valence-electron chi connectivity index (χ3n) is 3.78. The number of carbonyl (C=O) groups excluding carboxylic acids is 1. The lowest BCUT2D eigenvalue weighted by Crippen LogP contribution is -2.33. The molecule has 128 valence electrons. The van der Waals surface area contributed by atoms with E-state index in [9.17, 15) is 13.2 Å². The van der Waals surface area contributed by atoms with Crippen molar-refractivity contribution in [3.8, 4) is 0 Å². The van der Waals surface area contributed by atoms with Crippen LogP contribution in [0.3, 0.4) is 0 Å². The topological polar surface area (TPSA) is 79.4 Å². The van der Waals surface area contributed by atoms with Crippen LogP contribution in [0.4, 0.5) is 0 Å². The molecule has 1 aromatic rings. The van der Waals surface area contributed by atoms with Crippen molar-refractivity contribution in [2.24, 2.45) is 0 Å². The molecule has 0 bridgehead atoms. The molecule has 2 heterocycles. The molecule has 0 saturated carbocycles. The third kappa shape index (κ3) is 4.92. The fourth-order valence-corrected chi connectivity index (χ4v) is 4.36. The number of aromatic nitrogens is 1. The van der Waals surface area contributed by atoms with Crippen LogP contribution < -0.4 is 5.32 Å². The number of nitrogens with zero attached hydrogens (tertiary/aromatic N) is 2. The van der Waals surface area contributed by atoms with Gasteiger partial charge in [-0.15, -0.1) is 0 Å². The maximum atomic E-state index is 12.4. The molecule has 6 nitrogen and oxygen atoms in total. The van der Waals surface area contributed by atoms with Crippen LogP contribution in [0.2, 0.25) is 0 Å². The summed E-state index contributed by atoms with van der Waals surface area (Å²) in [5.41, 5.74) is 0. The fourth-order valence-electron chi connectivity index (χ4n) is 2.24. The summed E-state index contributed by atoms with van der Waals surface area (Å²) in [6.07, 6.45) is 4.08. The van der Waals surface area contributed by atoms with Crippen LogP contribution in [0.1, 0.15) is 33.1 Å². The molecular weight excluding hydrogens is 334 g/mol. The molecule has 0 radical (unpaired) electrons. The Hall–Kier alpha value is -1.12. The van der Waals surface area contributed by atoms with Crippen molar-refractivity contribution in [1.82, 2.24) is 14.6 Å². The van der Waals surface area contributed by atoms with E-state index < -0.39 is 10.0 Å². The number of hydrogen-bond acceptors (Lipinski definition) is 5. The predicted molar refractivity (Wildman–Crippen MR) is 90.8 cm³/mol. The Morgan fingerprint density at radius 2 is 2.09 bits per heavy atom. The maximum Gasteiger partial charge on any atom is 0.244 e. The highest BCUT2D eigenvalue weighted by molar-refractivity contribution is 7.99. The van der Waals surface area contributed by atoms with Gasteiger partial charge in [0.05, 0.1) is 10.8 Å². The Balaban J connectivity index is 1.93. The Kier molecular flexibility index (Phi) is 6.43. The molecule has 0 aromatic carbocycles. The van der Waals surface area contributed by atoms with Crippen LogP contribution >= 0.6 is 11.8 Å². The van der Waals surface area contributed by atoms with E-state index in [-0.39, 0.29) is 22.6 Å². The van der Waals surface area contributed by atoms with Gasteiger partial charge in [0, 0.05) is 25.3 Å². The summed E-state index contributed by atoms with van der Waals surface area (Å²) in [5, 5.41) is 3.53. The first kappa shape index (κ1) is 18.2. The lowest BCUT2D eigenvalue weighted by molar-refractivity contribution is -0.119. The van der Waals surface area contributed by atoms with Gasteiger partial charge < -0.3 is 5.32 Å². The standard InChI is InChI=1S/C15H23N3O3S2/c1-3-12(2)17-14(19)11-22-15-7-6-13(10-16-15)23(20,21)18-8-4-5-9-18/h6-7,10,12H,3-5,8-9,11H2,1-2H3,(H,17,19)/t12-/m1/s1. The highest BCUT2D eigenvalue weighted by atomic mass is 32.2. The summed E-state index contributed by atoms with van der Waals surface area (Å²) < 4.78 is 26.3. The Morgan fingerprint density at radius 1 is 1.39 bits per heavy atom. The zero-order chi connectivity index (χ0) is 16.9. The minimum absolute atomic E-state index is 0.0417. The summed E-state index contributed by atoms with van der Waals surface area (Å²) in [6.45, 7) is 5.13. The second-order valence-electron chi connectivity index (χ2n) is 5.61. The largest absolute Gasteiger partial charge is 0.353 e. The summed E-state index contributed by atoms with van der Waals surface area (Å²) in [4.78, 5) is 16.1. The van der Waals surface area contributed by atoms with Crippen molar-refractivity contribution < 1.29 is 13.2 Å². The minimum Gasteiger partial charge on any atom is -0.353 e. The first-order chi connectivity index (χ1) is 10.9. The number of rotatable bonds is 7. The van der Waals surface area contributed by atoms with E-state index in [0.717, 1.165) is 19.3 Å². The minimum atomic E-state index is -3.42. The van der Waals surface area contributed by atoms with E-state index in [2.05, 4.69) is 10.3 Å². The SMILES string of the molecule is CC[C@@H](C)NC(=O)CSc1ccc(S(=O)(=O)N2CCCC2)cn1. The number of carbonyl (C=O) groups is 1.